The Labute approximate surface area is 121 Å². The summed E-state index contributed by atoms with van der Waals surface area (Å²) in [6, 6.07) is 11.3. The summed E-state index contributed by atoms with van der Waals surface area (Å²) in [4.78, 5) is 0. The van der Waals surface area contributed by atoms with E-state index in [0.29, 0.717) is 12.3 Å². The first-order chi connectivity index (χ1) is 9.10. The van der Waals surface area contributed by atoms with Gasteiger partial charge in [0.2, 0.25) is 0 Å². The van der Waals surface area contributed by atoms with Gasteiger partial charge < -0.3 is 15.2 Å². The van der Waals surface area contributed by atoms with Crippen molar-refractivity contribution in [2.45, 2.75) is 13.5 Å². The molecule has 0 amide bonds. The number of phenolic OH excluding ortho intramolecular Hbond substituents is 1. The van der Waals surface area contributed by atoms with Gasteiger partial charge in [-0.05, 0) is 41.1 Å². The maximum Gasteiger partial charge on any atom is 0.121 e. The second-order valence-electron chi connectivity index (χ2n) is 4.33. The van der Waals surface area contributed by atoms with Crippen molar-refractivity contribution in [2.24, 2.45) is 0 Å². The number of benzene rings is 2. The quantitative estimate of drug-likeness (QED) is 0.891. The minimum Gasteiger partial charge on any atom is -0.508 e. The van der Waals surface area contributed by atoms with Crippen LogP contribution in [0, 0.1) is 6.92 Å². The monoisotopic (exact) mass is 321 g/mol. The van der Waals surface area contributed by atoms with Gasteiger partial charge in [-0.25, -0.2) is 0 Å². The van der Waals surface area contributed by atoms with E-state index in [1.807, 2.05) is 37.3 Å². The number of phenols is 1. The second kappa shape index (κ2) is 5.97. The second-order valence-corrected chi connectivity index (χ2v) is 5.19. The van der Waals surface area contributed by atoms with Crippen LogP contribution in [0.4, 0.5) is 5.69 Å². The summed E-state index contributed by atoms with van der Waals surface area (Å²) in [5, 5.41) is 13.1. The van der Waals surface area contributed by atoms with E-state index < -0.39 is 0 Å². The van der Waals surface area contributed by atoms with Crippen LogP contribution in [0.3, 0.4) is 0 Å². The normalized spacial score (nSPS) is 10.3. The minimum atomic E-state index is 0.303. The molecule has 0 radical (unpaired) electrons. The number of methoxy groups -OCH3 is 1. The summed E-state index contributed by atoms with van der Waals surface area (Å²) in [5.74, 6) is 1.09. The van der Waals surface area contributed by atoms with Gasteiger partial charge in [-0.2, -0.15) is 0 Å². The predicted octanol–water partition coefficient (Wildman–Crippen LogP) is 4.08. The summed E-state index contributed by atoms with van der Waals surface area (Å²) >= 11 is 3.49. The summed E-state index contributed by atoms with van der Waals surface area (Å²) in [5.41, 5.74) is 2.93. The van der Waals surface area contributed by atoms with Gasteiger partial charge in [-0.1, -0.05) is 17.7 Å². The Morgan fingerprint density at radius 2 is 2.00 bits per heavy atom. The molecule has 0 saturated carbocycles. The van der Waals surface area contributed by atoms with Gasteiger partial charge >= 0.3 is 0 Å². The van der Waals surface area contributed by atoms with E-state index in [0.717, 1.165) is 27.0 Å². The van der Waals surface area contributed by atoms with Gasteiger partial charge in [-0.3, -0.25) is 0 Å². The standard InChI is InChI=1S/C15H16BrNO2/c1-10-3-6-15(18)11(7-10)9-17-14-8-12(19-2)4-5-13(14)16/h3-8,17-18H,9H2,1-2H3. The Balaban J connectivity index is 2.16. The maximum atomic E-state index is 9.81. The van der Waals surface area contributed by atoms with Gasteiger partial charge in [-0.15, -0.1) is 0 Å². The third-order valence-corrected chi connectivity index (χ3v) is 3.57. The first-order valence-corrected chi connectivity index (χ1v) is 6.75. The molecule has 4 heteroatoms. The number of ether oxygens (including phenoxy) is 1. The fraction of sp³-hybridized carbons (Fsp3) is 0.200. The van der Waals surface area contributed by atoms with Crippen molar-refractivity contribution < 1.29 is 9.84 Å². The summed E-state index contributed by atoms with van der Waals surface area (Å²) in [6.07, 6.45) is 0. The Morgan fingerprint density at radius 3 is 2.74 bits per heavy atom. The van der Waals surface area contributed by atoms with Crippen LogP contribution in [0.5, 0.6) is 11.5 Å². The van der Waals surface area contributed by atoms with Crippen LogP contribution >= 0.6 is 15.9 Å². The first-order valence-electron chi connectivity index (χ1n) is 5.96. The molecule has 0 aromatic heterocycles. The van der Waals surface area contributed by atoms with Crippen LogP contribution in [-0.4, -0.2) is 12.2 Å². The number of hydrogen-bond donors (Lipinski definition) is 2. The third kappa shape index (κ3) is 3.41. The molecule has 100 valence electrons. The predicted molar refractivity (Wildman–Crippen MR) is 80.9 cm³/mol. The molecule has 0 bridgehead atoms. The van der Waals surface area contributed by atoms with Crippen LogP contribution in [0.25, 0.3) is 0 Å². The lowest BCUT2D eigenvalue weighted by Crippen LogP contribution is -2.01. The molecule has 19 heavy (non-hydrogen) atoms. The smallest absolute Gasteiger partial charge is 0.121 e. The van der Waals surface area contributed by atoms with E-state index in [2.05, 4.69) is 21.2 Å². The summed E-state index contributed by atoms with van der Waals surface area (Å²) in [7, 11) is 1.64. The average Bonchev–Trinajstić information content (AvgIpc) is 2.41. The lowest BCUT2D eigenvalue weighted by atomic mass is 10.1. The molecule has 0 aliphatic heterocycles. The molecule has 0 fully saturated rings. The lowest BCUT2D eigenvalue weighted by Gasteiger charge is -2.12. The fourth-order valence-electron chi connectivity index (χ4n) is 1.81. The van der Waals surface area contributed by atoms with Crippen molar-refractivity contribution in [1.29, 1.82) is 0 Å². The molecule has 2 aromatic rings. The van der Waals surface area contributed by atoms with Crippen molar-refractivity contribution in [1.82, 2.24) is 0 Å². The van der Waals surface area contributed by atoms with E-state index in [1.54, 1.807) is 13.2 Å². The average molecular weight is 322 g/mol. The number of hydrogen-bond acceptors (Lipinski definition) is 3. The Morgan fingerprint density at radius 1 is 1.21 bits per heavy atom. The van der Waals surface area contributed by atoms with E-state index in [-0.39, 0.29) is 0 Å². The van der Waals surface area contributed by atoms with Gasteiger partial charge in [0.05, 0.1) is 12.8 Å². The molecule has 2 rings (SSSR count). The third-order valence-electron chi connectivity index (χ3n) is 2.88. The lowest BCUT2D eigenvalue weighted by molar-refractivity contribution is 0.415. The number of rotatable bonds is 4. The highest BCUT2D eigenvalue weighted by Gasteiger charge is 2.05. The highest BCUT2D eigenvalue weighted by molar-refractivity contribution is 9.10. The minimum absolute atomic E-state index is 0.303. The highest BCUT2D eigenvalue weighted by atomic mass is 79.9. The molecule has 2 N–H and O–H groups in total. The number of aryl methyl sites for hydroxylation is 1. The van der Waals surface area contributed by atoms with Crippen molar-refractivity contribution in [3.05, 3.63) is 52.0 Å². The van der Waals surface area contributed by atoms with Crippen LogP contribution in [-0.2, 0) is 6.54 Å². The zero-order valence-electron chi connectivity index (χ0n) is 10.9. The number of nitrogens with one attached hydrogen (secondary N) is 1. The van der Waals surface area contributed by atoms with Crippen LogP contribution in [0.2, 0.25) is 0 Å². The van der Waals surface area contributed by atoms with Gasteiger partial charge in [0.25, 0.3) is 0 Å². The topological polar surface area (TPSA) is 41.5 Å². The highest BCUT2D eigenvalue weighted by Crippen LogP contribution is 2.28. The maximum absolute atomic E-state index is 9.81. The van der Waals surface area contributed by atoms with Gasteiger partial charge in [0, 0.05) is 22.6 Å². The zero-order chi connectivity index (χ0) is 13.8. The molecule has 0 atom stereocenters. The first kappa shape index (κ1) is 13.7. The van der Waals surface area contributed by atoms with Crippen LogP contribution in [0.15, 0.2) is 40.9 Å². The Hall–Kier alpha value is -1.68. The molecule has 0 saturated heterocycles. The molecular formula is C15H16BrNO2. The number of aromatic hydroxyl groups is 1. The van der Waals surface area contributed by atoms with E-state index in [1.165, 1.54) is 0 Å². The van der Waals surface area contributed by atoms with Crippen molar-refractivity contribution >= 4 is 21.6 Å². The zero-order valence-corrected chi connectivity index (χ0v) is 12.5. The largest absolute Gasteiger partial charge is 0.508 e. The van der Waals surface area contributed by atoms with Gasteiger partial charge in [0.15, 0.2) is 0 Å². The molecule has 0 heterocycles. The SMILES string of the molecule is COc1ccc(Br)c(NCc2cc(C)ccc2O)c1. The molecule has 2 aromatic carbocycles. The fourth-order valence-corrected chi connectivity index (χ4v) is 2.20. The number of anilines is 1. The Bertz CT molecular complexity index is 584. The summed E-state index contributed by atoms with van der Waals surface area (Å²) in [6.45, 7) is 2.56. The molecule has 0 aliphatic carbocycles. The van der Waals surface area contributed by atoms with Crippen molar-refractivity contribution in [3.8, 4) is 11.5 Å². The molecular weight excluding hydrogens is 306 g/mol. The van der Waals surface area contributed by atoms with E-state index in [4.69, 9.17) is 4.74 Å². The van der Waals surface area contributed by atoms with Crippen molar-refractivity contribution in [2.75, 3.05) is 12.4 Å². The van der Waals surface area contributed by atoms with E-state index in [9.17, 15) is 5.11 Å². The van der Waals surface area contributed by atoms with E-state index >= 15 is 0 Å². The van der Waals surface area contributed by atoms with Crippen molar-refractivity contribution in [3.63, 3.8) is 0 Å². The Kier molecular flexibility index (Phi) is 4.32. The number of halogens is 1. The molecule has 0 unspecified atom stereocenters. The van der Waals surface area contributed by atoms with Gasteiger partial charge in [0.1, 0.15) is 11.5 Å². The molecule has 0 spiro atoms. The summed E-state index contributed by atoms with van der Waals surface area (Å²) < 4.78 is 6.15. The van der Waals surface area contributed by atoms with Crippen LogP contribution in [0.1, 0.15) is 11.1 Å². The van der Waals surface area contributed by atoms with Crippen LogP contribution < -0.4 is 10.1 Å². The molecule has 0 aliphatic rings. The molecule has 3 nitrogen and oxygen atoms in total.